The van der Waals surface area contributed by atoms with Crippen molar-refractivity contribution >= 4 is 11.6 Å². The van der Waals surface area contributed by atoms with E-state index in [-0.39, 0.29) is 11.9 Å². The minimum absolute atomic E-state index is 0.0649. The predicted octanol–water partition coefficient (Wildman–Crippen LogP) is 1.61. The van der Waals surface area contributed by atoms with E-state index in [4.69, 9.17) is 4.74 Å². The zero-order valence-electron chi connectivity index (χ0n) is 12.5. The van der Waals surface area contributed by atoms with Gasteiger partial charge in [0.2, 0.25) is 0 Å². The van der Waals surface area contributed by atoms with E-state index in [0.29, 0.717) is 5.75 Å². The Balaban J connectivity index is 1.87. The maximum Gasteiger partial charge on any atom is 0.267 e. The summed E-state index contributed by atoms with van der Waals surface area (Å²) in [5.74, 6) is 0.627. The molecule has 1 fully saturated rings. The largest absolute Gasteiger partial charge is 0.479 e. The lowest BCUT2D eigenvalue weighted by Crippen LogP contribution is -2.42. The number of hydrogen-bond donors (Lipinski definition) is 2. The Morgan fingerprint density at radius 2 is 2.24 bits per heavy atom. The normalized spacial score (nSPS) is 27.0. The molecule has 2 heterocycles. The van der Waals surface area contributed by atoms with Crippen LogP contribution in [0.4, 0.5) is 5.69 Å². The van der Waals surface area contributed by atoms with Gasteiger partial charge < -0.3 is 20.1 Å². The number of hydrogen-bond acceptors (Lipinski definition) is 4. The van der Waals surface area contributed by atoms with Gasteiger partial charge in [-0.3, -0.25) is 4.79 Å². The average Bonchev–Trinajstić information content (AvgIpc) is 2.53. The molecule has 3 rings (SSSR count). The lowest BCUT2D eigenvalue weighted by atomic mass is 9.94. The van der Waals surface area contributed by atoms with Gasteiger partial charge in [-0.05, 0) is 44.0 Å². The fourth-order valence-electron chi connectivity index (χ4n) is 3.09. The molecule has 3 atom stereocenters. The highest BCUT2D eigenvalue weighted by Crippen LogP contribution is 2.36. The van der Waals surface area contributed by atoms with E-state index < -0.39 is 12.2 Å². The molecular weight excluding hydrogens is 268 g/mol. The molecule has 1 amide bonds. The summed E-state index contributed by atoms with van der Waals surface area (Å²) in [7, 11) is 1.75. The molecule has 0 saturated carbocycles. The number of nitrogens with zero attached hydrogens (tertiary/aromatic N) is 1. The van der Waals surface area contributed by atoms with Crippen molar-refractivity contribution in [2.45, 2.75) is 44.4 Å². The summed E-state index contributed by atoms with van der Waals surface area (Å²) in [6.07, 6.45) is 2.26. The first-order valence-electron chi connectivity index (χ1n) is 7.57. The third-order valence-electron chi connectivity index (χ3n) is 4.40. The van der Waals surface area contributed by atoms with Crippen LogP contribution in [-0.2, 0) is 4.79 Å². The molecule has 114 valence electrons. The molecule has 0 aromatic heterocycles. The molecule has 3 unspecified atom stereocenters. The van der Waals surface area contributed by atoms with E-state index in [2.05, 4.69) is 5.32 Å². The van der Waals surface area contributed by atoms with Crippen molar-refractivity contribution in [3.8, 4) is 5.75 Å². The minimum atomic E-state index is -0.557. The van der Waals surface area contributed by atoms with Crippen LogP contribution in [0, 0.1) is 0 Å². The number of fused-ring (bicyclic) bond motifs is 1. The Morgan fingerprint density at radius 1 is 1.43 bits per heavy atom. The van der Waals surface area contributed by atoms with Crippen LogP contribution in [0.25, 0.3) is 0 Å². The van der Waals surface area contributed by atoms with E-state index in [1.807, 2.05) is 18.2 Å². The second-order valence-corrected chi connectivity index (χ2v) is 5.89. The summed E-state index contributed by atoms with van der Waals surface area (Å²) in [4.78, 5) is 13.6. The van der Waals surface area contributed by atoms with E-state index >= 15 is 0 Å². The fraction of sp³-hybridized carbons (Fsp3) is 0.562. The Bertz CT molecular complexity index is 540. The molecule has 0 spiro atoms. The average molecular weight is 290 g/mol. The van der Waals surface area contributed by atoms with Crippen LogP contribution in [0.1, 0.15) is 37.9 Å². The van der Waals surface area contributed by atoms with Crippen LogP contribution < -0.4 is 15.0 Å². The number of carbonyl (C=O) groups excluding carboxylic acids is 1. The quantitative estimate of drug-likeness (QED) is 0.868. The third-order valence-corrected chi connectivity index (χ3v) is 4.40. The third kappa shape index (κ3) is 2.63. The predicted molar refractivity (Wildman–Crippen MR) is 80.5 cm³/mol. The standard InChI is InChI=1S/C16H22N2O3/c1-10-16(20)18(2)13-9-11(6-7-14(13)21-10)15(19)12-5-3-4-8-17-12/h6-7,9-10,12,15,17,19H,3-5,8H2,1-2H3. The van der Waals surface area contributed by atoms with Crippen molar-refractivity contribution in [3.63, 3.8) is 0 Å². The monoisotopic (exact) mass is 290 g/mol. The summed E-state index contributed by atoms with van der Waals surface area (Å²) >= 11 is 0. The summed E-state index contributed by atoms with van der Waals surface area (Å²) in [6.45, 7) is 2.70. The van der Waals surface area contributed by atoms with Gasteiger partial charge in [0.25, 0.3) is 5.91 Å². The first kappa shape index (κ1) is 14.4. The van der Waals surface area contributed by atoms with Crippen molar-refractivity contribution in [2.75, 3.05) is 18.5 Å². The second-order valence-electron chi connectivity index (χ2n) is 5.89. The molecule has 2 aliphatic rings. The zero-order valence-corrected chi connectivity index (χ0v) is 12.5. The van der Waals surface area contributed by atoms with E-state index in [9.17, 15) is 9.90 Å². The first-order valence-corrected chi connectivity index (χ1v) is 7.57. The topological polar surface area (TPSA) is 61.8 Å². The molecule has 1 aromatic rings. The first-order chi connectivity index (χ1) is 10.1. The fourth-order valence-corrected chi connectivity index (χ4v) is 3.09. The number of carbonyl (C=O) groups is 1. The Morgan fingerprint density at radius 3 is 2.95 bits per heavy atom. The van der Waals surface area contributed by atoms with E-state index in [0.717, 1.165) is 37.1 Å². The van der Waals surface area contributed by atoms with Crippen LogP contribution in [0.5, 0.6) is 5.75 Å². The summed E-state index contributed by atoms with van der Waals surface area (Å²) in [6, 6.07) is 5.67. The van der Waals surface area contributed by atoms with Gasteiger partial charge in [0.15, 0.2) is 6.10 Å². The van der Waals surface area contributed by atoms with Crippen LogP contribution in [0.15, 0.2) is 18.2 Å². The van der Waals surface area contributed by atoms with Gasteiger partial charge in [-0.2, -0.15) is 0 Å². The molecule has 1 saturated heterocycles. The smallest absolute Gasteiger partial charge is 0.267 e. The number of piperidine rings is 1. The molecule has 21 heavy (non-hydrogen) atoms. The molecular formula is C16H22N2O3. The number of amides is 1. The second kappa shape index (κ2) is 5.66. The van der Waals surface area contributed by atoms with Gasteiger partial charge in [-0.15, -0.1) is 0 Å². The molecule has 5 nitrogen and oxygen atoms in total. The maximum absolute atomic E-state index is 12.0. The maximum atomic E-state index is 12.0. The number of benzene rings is 1. The molecule has 5 heteroatoms. The number of likely N-dealkylation sites (N-methyl/N-ethyl adjacent to an activating group) is 1. The molecule has 0 radical (unpaired) electrons. The summed E-state index contributed by atoms with van der Waals surface area (Å²) in [5.41, 5.74) is 1.55. The zero-order chi connectivity index (χ0) is 15.0. The van der Waals surface area contributed by atoms with Crippen LogP contribution >= 0.6 is 0 Å². The lowest BCUT2D eigenvalue weighted by molar-refractivity contribution is -0.125. The van der Waals surface area contributed by atoms with Crippen molar-refractivity contribution in [2.24, 2.45) is 0 Å². The molecule has 2 aliphatic heterocycles. The Labute approximate surface area is 124 Å². The van der Waals surface area contributed by atoms with Gasteiger partial charge in [-0.25, -0.2) is 0 Å². The van der Waals surface area contributed by atoms with Crippen molar-refractivity contribution in [1.82, 2.24) is 5.32 Å². The van der Waals surface area contributed by atoms with E-state index in [1.165, 1.54) is 0 Å². The minimum Gasteiger partial charge on any atom is -0.479 e. The van der Waals surface area contributed by atoms with Gasteiger partial charge >= 0.3 is 0 Å². The number of aliphatic hydroxyl groups is 1. The molecule has 2 N–H and O–H groups in total. The summed E-state index contributed by atoms with van der Waals surface area (Å²) in [5, 5.41) is 13.9. The van der Waals surface area contributed by atoms with Gasteiger partial charge in [-0.1, -0.05) is 12.5 Å². The van der Waals surface area contributed by atoms with Crippen molar-refractivity contribution in [1.29, 1.82) is 0 Å². The highest BCUT2D eigenvalue weighted by atomic mass is 16.5. The highest BCUT2D eigenvalue weighted by molar-refractivity contribution is 5.99. The van der Waals surface area contributed by atoms with Crippen molar-refractivity contribution in [3.05, 3.63) is 23.8 Å². The highest BCUT2D eigenvalue weighted by Gasteiger charge is 2.30. The Hall–Kier alpha value is -1.59. The number of rotatable bonds is 2. The molecule has 1 aromatic carbocycles. The summed E-state index contributed by atoms with van der Waals surface area (Å²) < 4.78 is 5.61. The van der Waals surface area contributed by atoms with Gasteiger partial charge in [0.05, 0.1) is 11.8 Å². The lowest BCUT2D eigenvalue weighted by Gasteiger charge is -2.32. The number of nitrogens with one attached hydrogen (secondary N) is 1. The number of aliphatic hydroxyl groups excluding tert-OH is 1. The van der Waals surface area contributed by atoms with Gasteiger partial charge in [0.1, 0.15) is 5.75 Å². The van der Waals surface area contributed by atoms with Crippen LogP contribution in [0.3, 0.4) is 0 Å². The number of anilines is 1. The number of ether oxygens (including phenoxy) is 1. The molecule has 0 bridgehead atoms. The van der Waals surface area contributed by atoms with E-state index in [1.54, 1.807) is 18.9 Å². The van der Waals surface area contributed by atoms with Crippen molar-refractivity contribution < 1.29 is 14.6 Å². The van der Waals surface area contributed by atoms with Gasteiger partial charge in [0, 0.05) is 13.1 Å². The molecule has 0 aliphatic carbocycles. The SMILES string of the molecule is CC1Oc2ccc(C(O)C3CCCCN3)cc2N(C)C1=O. The van der Waals surface area contributed by atoms with Crippen LogP contribution in [0.2, 0.25) is 0 Å². The Kier molecular flexibility index (Phi) is 3.87. The van der Waals surface area contributed by atoms with Crippen LogP contribution in [-0.4, -0.2) is 36.8 Å².